The van der Waals surface area contributed by atoms with E-state index in [1.807, 2.05) is 12.1 Å². The van der Waals surface area contributed by atoms with Gasteiger partial charge in [-0.2, -0.15) is 0 Å². The maximum absolute atomic E-state index is 11.4. The molecule has 3 aromatic rings. The summed E-state index contributed by atoms with van der Waals surface area (Å²) in [4.78, 5) is 25.8. The van der Waals surface area contributed by atoms with E-state index in [4.69, 9.17) is 10.5 Å². The number of carbonyl (C=O) groups excluding carboxylic acids is 1. The monoisotopic (exact) mass is 449 g/mol. The van der Waals surface area contributed by atoms with Gasteiger partial charge in [-0.1, -0.05) is 13.0 Å². The van der Waals surface area contributed by atoms with Crippen molar-refractivity contribution in [1.82, 2.24) is 19.9 Å². The molecule has 5 unspecified atom stereocenters. The van der Waals surface area contributed by atoms with Crippen LogP contribution in [0.2, 0.25) is 0 Å². The molecule has 2 heterocycles. The van der Waals surface area contributed by atoms with E-state index >= 15 is 0 Å². The molecule has 6 rings (SSSR count). The number of rotatable bonds is 1. The van der Waals surface area contributed by atoms with E-state index in [2.05, 4.69) is 32.9 Å². The van der Waals surface area contributed by atoms with Crippen molar-refractivity contribution in [2.75, 3.05) is 5.73 Å². The summed E-state index contributed by atoms with van der Waals surface area (Å²) in [6.45, 7) is 3.88. The smallest absolute Gasteiger partial charge is 0.302 e. The van der Waals surface area contributed by atoms with Crippen LogP contribution in [-0.2, 0) is 16.0 Å². The molecule has 2 fully saturated rings. The normalized spacial score (nSPS) is 29.9. The number of phenolic OH excluding ortho intramolecular Hbond substituents is 1. The number of esters is 1. The zero-order chi connectivity index (χ0) is 23.2. The summed E-state index contributed by atoms with van der Waals surface area (Å²) in [5.74, 6) is 2.66. The molecule has 0 bridgehead atoms. The van der Waals surface area contributed by atoms with Gasteiger partial charge in [-0.15, -0.1) is 0 Å². The molecular formula is C25H31N5O3. The first-order chi connectivity index (χ1) is 15.9. The predicted octanol–water partition coefficient (Wildman–Crippen LogP) is 4.12. The van der Waals surface area contributed by atoms with E-state index < -0.39 is 0 Å². The number of aryl methyl sites for hydroxylation is 1. The number of nitrogens with two attached hydrogens (primary N) is 1. The van der Waals surface area contributed by atoms with E-state index in [0.717, 1.165) is 19.3 Å². The third kappa shape index (κ3) is 3.81. The Morgan fingerprint density at radius 3 is 2.85 bits per heavy atom. The molecule has 5 atom stereocenters. The number of ether oxygens (including phenoxy) is 1. The first-order valence-corrected chi connectivity index (χ1v) is 11.8. The SMILES string of the molecule is CC(=O)OC1CCC2C3CCc4cc(O)ccc4C3CCC12C.Nc1ncnc2nc[nH]c12. The second-order valence-corrected chi connectivity index (χ2v) is 9.88. The second kappa shape index (κ2) is 8.32. The molecule has 0 spiro atoms. The Balaban J connectivity index is 0.000000190. The van der Waals surface area contributed by atoms with Gasteiger partial charge in [0.15, 0.2) is 11.5 Å². The number of aromatic nitrogens is 4. The molecule has 4 N–H and O–H groups in total. The van der Waals surface area contributed by atoms with Gasteiger partial charge in [0.2, 0.25) is 0 Å². The molecule has 0 radical (unpaired) electrons. The van der Waals surface area contributed by atoms with Crippen LogP contribution in [0.15, 0.2) is 30.9 Å². The van der Waals surface area contributed by atoms with Crippen LogP contribution in [0.5, 0.6) is 5.75 Å². The molecule has 0 saturated heterocycles. The van der Waals surface area contributed by atoms with Crippen LogP contribution in [0.3, 0.4) is 0 Å². The Bertz CT molecular complexity index is 1180. The van der Waals surface area contributed by atoms with E-state index in [0.29, 0.717) is 40.5 Å². The molecule has 174 valence electrons. The molecule has 2 saturated carbocycles. The van der Waals surface area contributed by atoms with Crippen LogP contribution in [0.1, 0.15) is 63.0 Å². The van der Waals surface area contributed by atoms with Crippen molar-refractivity contribution in [2.45, 2.75) is 64.4 Å². The third-order valence-corrected chi connectivity index (χ3v) is 8.18. The number of aromatic amines is 1. The van der Waals surface area contributed by atoms with E-state index in [9.17, 15) is 9.90 Å². The Morgan fingerprint density at radius 1 is 1.21 bits per heavy atom. The fraction of sp³-hybridized carbons (Fsp3) is 0.520. The topological polar surface area (TPSA) is 127 Å². The Hall–Kier alpha value is -3.16. The number of carbonyl (C=O) groups is 1. The highest BCUT2D eigenvalue weighted by atomic mass is 16.5. The maximum atomic E-state index is 11.4. The van der Waals surface area contributed by atoms with Crippen LogP contribution in [0.4, 0.5) is 5.82 Å². The summed E-state index contributed by atoms with van der Waals surface area (Å²) in [7, 11) is 0. The van der Waals surface area contributed by atoms with Crippen molar-refractivity contribution in [2.24, 2.45) is 17.3 Å². The first-order valence-electron chi connectivity index (χ1n) is 11.8. The van der Waals surface area contributed by atoms with Crippen molar-refractivity contribution < 1.29 is 14.6 Å². The number of nitrogen functional groups attached to an aromatic ring is 1. The zero-order valence-electron chi connectivity index (χ0n) is 19.1. The molecule has 3 aliphatic carbocycles. The molecular weight excluding hydrogens is 418 g/mol. The van der Waals surface area contributed by atoms with Crippen molar-refractivity contribution in [1.29, 1.82) is 0 Å². The van der Waals surface area contributed by atoms with Crippen LogP contribution in [-0.4, -0.2) is 37.1 Å². The van der Waals surface area contributed by atoms with Gasteiger partial charge in [0.1, 0.15) is 23.7 Å². The maximum Gasteiger partial charge on any atom is 0.302 e. The molecule has 3 aliphatic rings. The number of aromatic hydroxyl groups is 1. The second-order valence-electron chi connectivity index (χ2n) is 9.88. The van der Waals surface area contributed by atoms with Gasteiger partial charge in [-0.25, -0.2) is 15.0 Å². The number of benzene rings is 1. The minimum Gasteiger partial charge on any atom is -0.508 e. The fourth-order valence-corrected chi connectivity index (χ4v) is 6.70. The third-order valence-electron chi connectivity index (χ3n) is 8.18. The van der Waals surface area contributed by atoms with Gasteiger partial charge in [0.05, 0.1) is 6.33 Å². The number of phenols is 1. The van der Waals surface area contributed by atoms with Gasteiger partial charge >= 0.3 is 5.97 Å². The summed E-state index contributed by atoms with van der Waals surface area (Å²) >= 11 is 0. The van der Waals surface area contributed by atoms with E-state index in [-0.39, 0.29) is 17.5 Å². The average molecular weight is 450 g/mol. The average Bonchev–Trinajstić information content (AvgIpc) is 3.39. The zero-order valence-corrected chi connectivity index (χ0v) is 19.1. The highest BCUT2D eigenvalue weighted by Gasteiger charge is 2.56. The Kier molecular flexibility index (Phi) is 5.46. The minimum absolute atomic E-state index is 0.104. The lowest BCUT2D eigenvalue weighted by atomic mass is 9.55. The fourth-order valence-electron chi connectivity index (χ4n) is 6.70. The van der Waals surface area contributed by atoms with Crippen molar-refractivity contribution in [3.8, 4) is 5.75 Å². The van der Waals surface area contributed by atoms with Crippen molar-refractivity contribution in [3.63, 3.8) is 0 Å². The highest BCUT2D eigenvalue weighted by Crippen LogP contribution is 2.61. The minimum atomic E-state index is -0.136. The van der Waals surface area contributed by atoms with Crippen LogP contribution in [0.25, 0.3) is 11.2 Å². The molecule has 0 amide bonds. The van der Waals surface area contributed by atoms with Gasteiger partial charge in [-0.05, 0) is 79.5 Å². The van der Waals surface area contributed by atoms with Crippen molar-refractivity contribution in [3.05, 3.63) is 42.0 Å². The molecule has 33 heavy (non-hydrogen) atoms. The van der Waals surface area contributed by atoms with Gasteiger partial charge < -0.3 is 20.6 Å². The summed E-state index contributed by atoms with van der Waals surface area (Å²) < 4.78 is 5.68. The molecule has 2 aromatic heterocycles. The van der Waals surface area contributed by atoms with E-state index in [1.165, 1.54) is 50.0 Å². The summed E-state index contributed by atoms with van der Waals surface area (Å²) in [5, 5.41) is 9.75. The predicted molar refractivity (Wildman–Crippen MR) is 124 cm³/mol. The number of hydrogen-bond acceptors (Lipinski definition) is 7. The molecule has 1 aromatic carbocycles. The lowest BCUT2D eigenvalue weighted by Gasteiger charge is -2.50. The Labute approximate surface area is 193 Å². The number of anilines is 1. The number of nitrogens with zero attached hydrogens (tertiary/aromatic N) is 3. The van der Waals surface area contributed by atoms with Crippen LogP contribution in [0, 0.1) is 17.3 Å². The highest BCUT2D eigenvalue weighted by molar-refractivity contribution is 5.80. The molecule has 8 nitrogen and oxygen atoms in total. The lowest BCUT2D eigenvalue weighted by molar-refractivity contribution is -0.154. The van der Waals surface area contributed by atoms with Gasteiger partial charge in [0.25, 0.3) is 0 Å². The van der Waals surface area contributed by atoms with Crippen molar-refractivity contribution >= 4 is 23.0 Å². The largest absolute Gasteiger partial charge is 0.508 e. The molecule has 0 aliphatic heterocycles. The summed E-state index contributed by atoms with van der Waals surface area (Å²) in [6.07, 6.45) is 9.81. The number of hydrogen-bond donors (Lipinski definition) is 3. The van der Waals surface area contributed by atoms with Crippen LogP contribution < -0.4 is 5.73 Å². The standard InChI is InChI=1S/C20H26O3.C5H5N5/c1-12(21)23-19-8-7-18-17-5-3-13-11-14(22)4-6-15(13)16(17)9-10-20(18,19)2;6-4-3-5(9-1-7-3)10-2-8-4/h4,6,11,16-19,22H,3,5,7-10H2,1-2H3;1-2H,(H3,6,7,8,9,10). The number of H-pyrrole nitrogens is 1. The van der Waals surface area contributed by atoms with Crippen LogP contribution >= 0.6 is 0 Å². The number of imidazole rings is 1. The lowest BCUT2D eigenvalue weighted by Crippen LogP contribution is -2.45. The Morgan fingerprint density at radius 2 is 2.06 bits per heavy atom. The quantitative estimate of drug-likeness (QED) is 0.477. The van der Waals surface area contributed by atoms with Gasteiger partial charge in [0, 0.05) is 12.3 Å². The van der Waals surface area contributed by atoms with E-state index in [1.54, 1.807) is 0 Å². The number of nitrogens with one attached hydrogen (secondary N) is 1. The number of fused-ring (bicyclic) bond motifs is 6. The van der Waals surface area contributed by atoms with Gasteiger partial charge in [-0.3, -0.25) is 4.79 Å². The summed E-state index contributed by atoms with van der Waals surface area (Å²) in [5.41, 5.74) is 9.73. The first kappa shape index (κ1) is 21.7. The molecule has 8 heteroatoms. The summed E-state index contributed by atoms with van der Waals surface area (Å²) in [6, 6.07) is 5.93.